The maximum Gasteiger partial charge on any atom is 0.309 e. The summed E-state index contributed by atoms with van der Waals surface area (Å²) in [5.41, 5.74) is 0. The van der Waals surface area contributed by atoms with Gasteiger partial charge in [0.25, 0.3) is 0 Å². The minimum atomic E-state index is 0.0642. The van der Waals surface area contributed by atoms with Gasteiger partial charge in [0.2, 0.25) is 0 Å². The first-order valence-electron chi connectivity index (χ1n) is 8.28. The van der Waals surface area contributed by atoms with Crippen LogP contribution in [0, 0.1) is 17.8 Å². The molecule has 0 aromatic rings. The molecule has 2 unspecified atom stereocenters. The topological polar surface area (TPSA) is 26.3 Å². The maximum absolute atomic E-state index is 12.0. The van der Waals surface area contributed by atoms with E-state index in [2.05, 4.69) is 20.8 Å². The number of hydrogen-bond donors (Lipinski definition) is 0. The van der Waals surface area contributed by atoms with Gasteiger partial charge in [0, 0.05) is 0 Å². The Morgan fingerprint density at radius 3 is 2.47 bits per heavy atom. The average molecular weight is 268 g/mol. The first kappa shape index (κ1) is 16.5. The summed E-state index contributed by atoms with van der Waals surface area (Å²) in [6.45, 7) is 7.36. The molecule has 1 aliphatic rings. The van der Waals surface area contributed by atoms with Crippen molar-refractivity contribution in [1.29, 1.82) is 0 Å². The van der Waals surface area contributed by atoms with Crippen molar-refractivity contribution in [1.82, 2.24) is 0 Å². The monoisotopic (exact) mass is 268 g/mol. The predicted octanol–water partition coefficient (Wildman–Crippen LogP) is 4.96. The Kier molecular flexibility index (Phi) is 8.16. The minimum absolute atomic E-state index is 0.0642. The van der Waals surface area contributed by atoms with E-state index in [0.717, 1.165) is 18.8 Å². The fourth-order valence-corrected chi connectivity index (χ4v) is 2.95. The molecule has 0 bridgehead atoms. The molecule has 0 radical (unpaired) electrons. The molecule has 112 valence electrons. The van der Waals surface area contributed by atoms with Crippen molar-refractivity contribution in [3.63, 3.8) is 0 Å². The van der Waals surface area contributed by atoms with E-state index in [4.69, 9.17) is 4.74 Å². The highest BCUT2D eigenvalue weighted by atomic mass is 16.5. The van der Waals surface area contributed by atoms with Crippen LogP contribution in [0.2, 0.25) is 0 Å². The molecule has 2 atom stereocenters. The molecule has 2 heteroatoms. The van der Waals surface area contributed by atoms with Crippen LogP contribution in [0.5, 0.6) is 0 Å². The number of carbonyl (C=O) groups is 1. The van der Waals surface area contributed by atoms with Crippen molar-refractivity contribution in [2.75, 3.05) is 6.61 Å². The summed E-state index contributed by atoms with van der Waals surface area (Å²) in [5, 5.41) is 0. The third kappa shape index (κ3) is 6.98. The van der Waals surface area contributed by atoms with Crippen LogP contribution in [0.25, 0.3) is 0 Å². The molecule has 0 amide bonds. The fraction of sp³-hybridized carbons (Fsp3) is 0.941. The number of ether oxygens (including phenoxy) is 1. The van der Waals surface area contributed by atoms with E-state index in [1.54, 1.807) is 0 Å². The molecule has 0 spiro atoms. The number of hydrogen-bond acceptors (Lipinski definition) is 2. The summed E-state index contributed by atoms with van der Waals surface area (Å²) in [4.78, 5) is 12.0. The highest BCUT2D eigenvalue weighted by molar-refractivity contribution is 5.72. The van der Waals surface area contributed by atoms with Crippen molar-refractivity contribution in [3.05, 3.63) is 0 Å². The fourth-order valence-electron chi connectivity index (χ4n) is 2.95. The highest BCUT2D eigenvalue weighted by Gasteiger charge is 2.28. The van der Waals surface area contributed by atoms with Gasteiger partial charge >= 0.3 is 5.97 Å². The second-order valence-corrected chi connectivity index (χ2v) is 6.63. The Balaban J connectivity index is 2.01. The summed E-state index contributed by atoms with van der Waals surface area (Å²) in [6.07, 6.45) is 10.8. The standard InChI is InChI=1S/C17H32O2/c1-14(2)10-6-4-5-9-13-19-17(18)16-12-8-7-11-15(16)3/h14-16H,4-13H2,1-3H3. The van der Waals surface area contributed by atoms with E-state index in [-0.39, 0.29) is 11.9 Å². The summed E-state index contributed by atoms with van der Waals surface area (Å²) < 4.78 is 5.44. The van der Waals surface area contributed by atoms with E-state index >= 15 is 0 Å². The van der Waals surface area contributed by atoms with E-state index < -0.39 is 0 Å². The highest BCUT2D eigenvalue weighted by Crippen LogP contribution is 2.30. The molecule has 1 rings (SSSR count). The van der Waals surface area contributed by atoms with Crippen LogP contribution >= 0.6 is 0 Å². The van der Waals surface area contributed by atoms with Crippen LogP contribution in [0.1, 0.15) is 78.6 Å². The van der Waals surface area contributed by atoms with Crippen molar-refractivity contribution in [3.8, 4) is 0 Å². The quantitative estimate of drug-likeness (QED) is 0.459. The molecule has 0 saturated heterocycles. The Morgan fingerprint density at radius 2 is 1.79 bits per heavy atom. The van der Waals surface area contributed by atoms with Gasteiger partial charge in [0.1, 0.15) is 0 Å². The normalized spacial score (nSPS) is 23.6. The van der Waals surface area contributed by atoms with Crippen molar-refractivity contribution in [2.45, 2.75) is 78.6 Å². The van der Waals surface area contributed by atoms with Gasteiger partial charge in [-0.3, -0.25) is 4.79 Å². The molecule has 2 nitrogen and oxygen atoms in total. The molecule has 19 heavy (non-hydrogen) atoms. The maximum atomic E-state index is 12.0. The molecule has 0 N–H and O–H groups in total. The third-order valence-corrected chi connectivity index (χ3v) is 4.33. The molecular weight excluding hydrogens is 236 g/mol. The van der Waals surface area contributed by atoms with Gasteiger partial charge in [-0.05, 0) is 31.1 Å². The zero-order valence-corrected chi connectivity index (χ0v) is 13.1. The van der Waals surface area contributed by atoms with Crippen LogP contribution in [-0.2, 0) is 9.53 Å². The van der Waals surface area contributed by atoms with Crippen LogP contribution < -0.4 is 0 Å². The van der Waals surface area contributed by atoms with Crippen molar-refractivity contribution in [2.24, 2.45) is 17.8 Å². The summed E-state index contributed by atoms with van der Waals surface area (Å²) >= 11 is 0. The van der Waals surface area contributed by atoms with Gasteiger partial charge in [0.05, 0.1) is 12.5 Å². The number of carbonyl (C=O) groups excluding carboxylic acids is 1. The third-order valence-electron chi connectivity index (χ3n) is 4.33. The van der Waals surface area contributed by atoms with E-state index in [1.165, 1.54) is 44.9 Å². The Hall–Kier alpha value is -0.530. The number of esters is 1. The van der Waals surface area contributed by atoms with E-state index in [1.807, 2.05) is 0 Å². The first-order chi connectivity index (χ1) is 9.11. The van der Waals surface area contributed by atoms with Crippen molar-refractivity contribution < 1.29 is 9.53 Å². The van der Waals surface area contributed by atoms with Crippen LogP contribution in [-0.4, -0.2) is 12.6 Å². The Labute approximate surface area is 119 Å². The molecule has 1 aliphatic carbocycles. The summed E-state index contributed by atoms with van der Waals surface area (Å²) in [5.74, 6) is 1.57. The minimum Gasteiger partial charge on any atom is -0.465 e. The molecular formula is C17H32O2. The van der Waals surface area contributed by atoms with Gasteiger partial charge in [-0.25, -0.2) is 0 Å². The predicted molar refractivity (Wildman–Crippen MR) is 80.0 cm³/mol. The van der Waals surface area contributed by atoms with E-state index in [9.17, 15) is 4.79 Å². The lowest BCUT2D eigenvalue weighted by Crippen LogP contribution is -2.27. The largest absolute Gasteiger partial charge is 0.465 e. The van der Waals surface area contributed by atoms with Crippen LogP contribution in [0.15, 0.2) is 0 Å². The smallest absolute Gasteiger partial charge is 0.309 e. The van der Waals surface area contributed by atoms with Gasteiger partial charge in [-0.15, -0.1) is 0 Å². The second-order valence-electron chi connectivity index (χ2n) is 6.63. The SMILES string of the molecule is CC(C)CCCCCCOC(=O)C1CCCCC1C. The number of rotatable bonds is 8. The Bertz CT molecular complexity index is 248. The lowest BCUT2D eigenvalue weighted by atomic mass is 9.80. The van der Waals surface area contributed by atoms with Gasteiger partial charge in [-0.2, -0.15) is 0 Å². The average Bonchev–Trinajstić information content (AvgIpc) is 2.37. The van der Waals surface area contributed by atoms with Gasteiger partial charge in [-0.1, -0.05) is 59.3 Å². The summed E-state index contributed by atoms with van der Waals surface area (Å²) in [6, 6.07) is 0. The first-order valence-corrected chi connectivity index (χ1v) is 8.28. The van der Waals surface area contributed by atoms with Crippen LogP contribution in [0.4, 0.5) is 0 Å². The lowest BCUT2D eigenvalue weighted by molar-refractivity contribution is -0.151. The van der Waals surface area contributed by atoms with Gasteiger partial charge < -0.3 is 4.74 Å². The molecule has 0 heterocycles. The van der Waals surface area contributed by atoms with Gasteiger partial charge in [0.15, 0.2) is 0 Å². The van der Waals surface area contributed by atoms with Crippen LogP contribution in [0.3, 0.4) is 0 Å². The molecule has 0 aliphatic heterocycles. The molecule has 1 fully saturated rings. The zero-order chi connectivity index (χ0) is 14.1. The molecule has 0 aromatic carbocycles. The summed E-state index contributed by atoms with van der Waals surface area (Å²) in [7, 11) is 0. The molecule has 1 saturated carbocycles. The zero-order valence-electron chi connectivity index (χ0n) is 13.1. The van der Waals surface area contributed by atoms with Crippen molar-refractivity contribution >= 4 is 5.97 Å². The number of unbranched alkanes of at least 4 members (excludes halogenated alkanes) is 3. The molecule has 0 aromatic heterocycles. The lowest BCUT2D eigenvalue weighted by Gasteiger charge is -2.26. The second kappa shape index (κ2) is 9.39. The Morgan fingerprint density at radius 1 is 1.11 bits per heavy atom. The van der Waals surface area contributed by atoms with E-state index in [0.29, 0.717) is 12.5 Å².